The van der Waals surface area contributed by atoms with Gasteiger partial charge in [-0.2, -0.15) is 9.78 Å². The van der Waals surface area contributed by atoms with E-state index in [9.17, 15) is 14.7 Å². The number of hydrogen-bond donors (Lipinski definition) is 2. The van der Waals surface area contributed by atoms with Crippen LogP contribution in [0.5, 0.6) is 5.75 Å². The average Bonchev–Trinajstić information content (AvgIpc) is 2.74. The molecule has 0 amide bonds. The fourth-order valence-corrected chi connectivity index (χ4v) is 2.65. The molecule has 0 spiro atoms. The second kappa shape index (κ2) is 9.52. The van der Waals surface area contributed by atoms with Crippen molar-refractivity contribution in [2.45, 2.75) is 6.92 Å². The number of carbonyl (C=O) groups is 1. The smallest absolute Gasteiger partial charge is 0.335 e. The summed E-state index contributed by atoms with van der Waals surface area (Å²) in [5.41, 5.74) is 0.878. The van der Waals surface area contributed by atoms with E-state index in [4.69, 9.17) is 9.47 Å². The predicted octanol–water partition coefficient (Wildman–Crippen LogP) is 3.09. The summed E-state index contributed by atoms with van der Waals surface area (Å²) in [4.78, 5) is 24.4. The highest BCUT2D eigenvalue weighted by molar-refractivity contribution is 5.89. The standard InChI is InChI=1S/C21H21N3O5/c1-2-28-11-12-29-18-14-22-24(17-9-4-3-5-10-17)20(25)19(18)23-16-8-6-7-15(13-16)21(26)27/h3-10,13-14,23H,2,11-12H2,1H3,(H,26,27). The summed E-state index contributed by atoms with van der Waals surface area (Å²) in [5, 5.41) is 16.4. The number of hydrogen-bond acceptors (Lipinski definition) is 6. The number of nitrogens with one attached hydrogen (secondary N) is 1. The second-order valence-corrected chi connectivity index (χ2v) is 5.99. The normalized spacial score (nSPS) is 10.5. The zero-order chi connectivity index (χ0) is 20.6. The van der Waals surface area contributed by atoms with Gasteiger partial charge in [-0.3, -0.25) is 4.79 Å². The summed E-state index contributed by atoms with van der Waals surface area (Å²) in [5.74, 6) is -0.805. The molecule has 0 bridgehead atoms. The van der Waals surface area contributed by atoms with Crippen molar-refractivity contribution >= 4 is 17.3 Å². The van der Waals surface area contributed by atoms with Crippen molar-refractivity contribution in [1.29, 1.82) is 0 Å². The molecule has 2 aromatic carbocycles. The SMILES string of the molecule is CCOCCOc1cnn(-c2ccccc2)c(=O)c1Nc1cccc(C(=O)O)c1. The number of para-hydroxylation sites is 1. The average molecular weight is 395 g/mol. The van der Waals surface area contributed by atoms with E-state index in [-0.39, 0.29) is 23.6 Å². The Hall–Kier alpha value is -3.65. The van der Waals surface area contributed by atoms with Gasteiger partial charge in [-0.05, 0) is 37.3 Å². The van der Waals surface area contributed by atoms with E-state index in [0.717, 1.165) is 0 Å². The van der Waals surface area contributed by atoms with E-state index in [1.54, 1.807) is 36.4 Å². The van der Waals surface area contributed by atoms with Gasteiger partial charge in [0.15, 0.2) is 11.4 Å². The summed E-state index contributed by atoms with van der Waals surface area (Å²) < 4.78 is 12.2. The van der Waals surface area contributed by atoms with Crippen molar-refractivity contribution in [3.8, 4) is 11.4 Å². The lowest BCUT2D eigenvalue weighted by Crippen LogP contribution is -2.24. The molecule has 3 rings (SSSR count). The van der Waals surface area contributed by atoms with Crippen LogP contribution >= 0.6 is 0 Å². The van der Waals surface area contributed by atoms with Gasteiger partial charge >= 0.3 is 5.97 Å². The van der Waals surface area contributed by atoms with Gasteiger partial charge in [0.05, 0.1) is 24.1 Å². The van der Waals surface area contributed by atoms with Gasteiger partial charge in [0, 0.05) is 12.3 Å². The largest absolute Gasteiger partial charge is 0.487 e. The fourth-order valence-electron chi connectivity index (χ4n) is 2.65. The highest BCUT2D eigenvalue weighted by Gasteiger charge is 2.15. The maximum Gasteiger partial charge on any atom is 0.335 e. The van der Waals surface area contributed by atoms with Crippen LogP contribution in [0, 0.1) is 0 Å². The maximum atomic E-state index is 13.1. The second-order valence-electron chi connectivity index (χ2n) is 5.99. The third-order valence-corrected chi connectivity index (χ3v) is 4.01. The number of aromatic nitrogens is 2. The van der Waals surface area contributed by atoms with Crippen LogP contribution in [0.15, 0.2) is 65.6 Å². The Bertz CT molecular complexity index is 1030. The van der Waals surface area contributed by atoms with Crippen molar-refractivity contribution in [2.75, 3.05) is 25.1 Å². The molecular formula is C21H21N3O5. The summed E-state index contributed by atoms with van der Waals surface area (Å²) in [7, 11) is 0. The molecule has 0 aliphatic heterocycles. The molecule has 29 heavy (non-hydrogen) atoms. The number of benzene rings is 2. The molecule has 0 radical (unpaired) electrons. The van der Waals surface area contributed by atoms with Crippen LogP contribution in [-0.2, 0) is 4.74 Å². The number of anilines is 2. The minimum Gasteiger partial charge on any atom is -0.487 e. The minimum absolute atomic E-state index is 0.103. The van der Waals surface area contributed by atoms with Crippen LogP contribution < -0.4 is 15.6 Å². The van der Waals surface area contributed by atoms with Gasteiger partial charge in [-0.1, -0.05) is 24.3 Å². The first-order valence-electron chi connectivity index (χ1n) is 9.09. The van der Waals surface area contributed by atoms with E-state index in [0.29, 0.717) is 24.6 Å². The van der Waals surface area contributed by atoms with Crippen molar-refractivity contribution in [2.24, 2.45) is 0 Å². The molecule has 8 heteroatoms. The number of ether oxygens (including phenoxy) is 2. The fraction of sp³-hybridized carbons (Fsp3) is 0.190. The highest BCUT2D eigenvalue weighted by Crippen LogP contribution is 2.24. The van der Waals surface area contributed by atoms with Gasteiger partial charge in [-0.15, -0.1) is 0 Å². The maximum absolute atomic E-state index is 13.1. The first-order chi connectivity index (χ1) is 14.1. The third-order valence-electron chi connectivity index (χ3n) is 4.01. The van der Waals surface area contributed by atoms with Gasteiger partial charge in [0.25, 0.3) is 5.56 Å². The predicted molar refractivity (Wildman–Crippen MR) is 109 cm³/mol. The lowest BCUT2D eigenvalue weighted by molar-refractivity contribution is 0.0697. The number of carboxylic acids is 1. The Balaban J connectivity index is 1.99. The van der Waals surface area contributed by atoms with E-state index < -0.39 is 11.5 Å². The molecule has 1 heterocycles. The highest BCUT2D eigenvalue weighted by atomic mass is 16.5. The molecule has 0 fully saturated rings. The molecule has 8 nitrogen and oxygen atoms in total. The van der Waals surface area contributed by atoms with Crippen LogP contribution in [0.3, 0.4) is 0 Å². The minimum atomic E-state index is -1.06. The zero-order valence-corrected chi connectivity index (χ0v) is 15.9. The Morgan fingerprint density at radius 2 is 1.93 bits per heavy atom. The lowest BCUT2D eigenvalue weighted by atomic mass is 10.2. The van der Waals surface area contributed by atoms with Crippen LogP contribution in [0.25, 0.3) is 5.69 Å². The van der Waals surface area contributed by atoms with Gasteiger partial charge < -0.3 is 19.9 Å². The monoisotopic (exact) mass is 395 g/mol. The number of carboxylic acid groups (broad SMARTS) is 1. The first-order valence-corrected chi connectivity index (χ1v) is 9.09. The molecule has 1 aromatic heterocycles. The summed E-state index contributed by atoms with van der Waals surface area (Å²) >= 11 is 0. The summed E-state index contributed by atoms with van der Waals surface area (Å²) in [6.45, 7) is 3.05. The van der Waals surface area contributed by atoms with Gasteiger partial charge in [0.2, 0.25) is 0 Å². The summed E-state index contributed by atoms with van der Waals surface area (Å²) in [6.07, 6.45) is 1.45. The van der Waals surface area contributed by atoms with Crippen molar-refractivity contribution in [1.82, 2.24) is 9.78 Å². The Kier molecular flexibility index (Phi) is 6.59. The lowest BCUT2D eigenvalue weighted by Gasteiger charge is -2.15. The first kappa shape index (κ1) is 20.1. The van der Waals surface area contributed by atoms with E-state index in [2.05, 4.69) is 10.4 Å². The Morgan fingerprint density at radius 1 is 1.14 bits per heavy atom. The Morgan fingerprint density at radius 3 is 2.66 bits per heavy atom. The van der Waals surface area contributed by atoms with Crippen LogP contribution in [-0.4, -0.2) is 40.7 Å². The zero-order valence-electron chi connectivity index (χ0n) is 15.9. The van der Waals surface area contributed by atoms with Crippen LogP contribution in [0.1, 0.15) is 17.3 Å². The van der Waals surface area contributed by atoms with Crippen LogP contribution in [0.4, 0.5) is 11.4 Å². The molecule has 0 saturated carbocycles. The molecule has 0 unspecified atom stereocenters. The molecule has 2 N–H and O–H groups in total. The molecule has 150 valence electrons. The van der Waals surface area contributed by atoms with Crippen molar-refractivity contribution in [3.63, 3.8) is 0 Å². The van der Waals surface area contributed by atoms with E-state index >= 15 is 0 Å². The Labute approximate surface area is 167 Å². The molecular weight excluding hydrogens is 374 g/mol. The van der Waals surface area contributed by atoms with Crippen LogP contribution in [0.2, 0.25) is 0 Å². The third kappa shape index (κ3) is 4.99. The van der Waals surface area contributed by atoms with Gasteiger partial charge in [0.1, 0.15) is 6.61 Å². The van der Waals surface area contributed by atoms with E-state index in [1.165, 1.54) is 23.0 Å². The van der Waals surface area contributed by atoms with E-state index in [1.807, 2.05) is 13.0 Å². The number of nitrogens with zero attached hydrogens (tertiary/aromatic N) is 2. The molecule has 0 atom stereocenters. The topological polar surface area (TPSA) is 103 Å². The molecule has 0 saturated heterocycles. The molecule has 0 aliphatic rings. The van der Waals surface area contributed by atoms with Crippen molar-refractivity contribution < 1.29 is 19.4 Å². The van der Waals surface area contributed by atoms with Gasteiger partial charge in [-0.25, -0.2) is 4.79 Å². The number of aromatic carboxylic acids is 1. The summed E-state index contributed by atoms with van der Waals surface area (Å²) in [6, 6.07) is 15.2. The molecule has 3 aromatic rings. The molecule has 0 aliphatic carbocycles. The quantitative estimate of drug-likeness (QED) is 0.537. The van der Waals surface area contributed by atoms with Crippen molar-refractivity contribution in [3.05, 3.63) is 76.7 Å². The number of rotatable bonds is 9.